The molecule has 0 saturated carbocycles. The number of hydrogen-bond acceptors (Lipinski definition) is 4. The van der Waals surface area contributed by atoms with Crippen LogP contribution in [-0.4, -0.2) is 14.7 Å². The Bertz CT molecular complexity index is 1460. The Morgan fingerprint density at radius 2 is 1.73 bits per heavy atom. The second-order valence-corrected chi connectivity index (χ2v) is 7.11. The fourth-order valence-electron chi connectivity index (χ4n) is 3.36. The highest BCUT2D eigenvalue weighted by Gasteiger charge is 2.17. The summed E-state index contributed by atoms with van der Waals surface area (Å²) in [6.07, 6.45) is 1.59. The number of rotatable bonds is 3. The normalized spacial score (nSPS) is 11.1. The van der Waals surface area contributed by atoms with Crippen molar-refractivity contribution in [1.29, 1.82) is 0 Å². The van der Waals surface area contributed by atoms with Gasteiger partial charge in [0.25, 0.3) is 11.4 Å². The molecule has 7 heteroatoms. The third-order valence-electron chi connectivity index (χ3n) is 4.75. The molecule has 146 valence electrons. The van der Waals surface area contributed by atoms with Gasteiger partial charge in [-0.3, -0.25) is 9.36 Å². The molecule has 0 saturated heterocycles. The van der Waals surface area contributed by atoms with Gasteiger partial charge in [0.05, 0.1) is 11.3 Å². The molecule has 2 aromatic heterocycles. The third-order valence-corrected chi connectivity index (χ3v) is 4.99. The van der Waals surface area contributed by atoms with E-state index in [2.05, 4.69) is 10.1 Å². The Kier molecular flexibility index (Phi) is 4.41. The Morgan fingerprint density at radius 1 is 0.933 bits per heavy atom. The number of halogens is 2. The Labute approximate surface area is 175 Å². The van der Waals surface area contributed by atoms with Gasteiger partial charge in [0.15, 0.2) is 0 Å². The zero-order valence-electron chi connectivity index (χ0n) is 15.4. The summed E-state index contributed by atoms with van der Waals surface area (Å²) in [5, 5.41) is 5.74. The minimum atomic E-state index is -0.435. The van der Waals surface area contributed by atoms with E-state index in [1.807, 2.05) is 18.2 Å². The summed E-state index contributed by atoms with van der Waals surface area (Å²) in [6.45, 7) is 0. The summed E-state index contributed by atoms with van der Waals surface area (Å²) < 4.78 is 20.7. The number of fused-ring (bicyclic) bond motifs is 1. The molecule has 0 amide bonds. The summed E-state index contributed by atoms with van der Waals surface area (Å²) in [5.74, 6) is 0.182. The van der Waals surface area contributed by atoms with Gasteiger partial charge in [-0.2, -0.15) is 4.98 Å². The third kappa shape index (κ3) is 3.17. The molecule has 3 aromatic carbocycles. The van der Waals surface area contributed by atoms with Gasteiger partial charge in [0.1, 0.15) is 5.82 Å². The molecule has 0 unspecified atom stereocenters. The van der Waals surface area contributed by atoms with Crippen LogP contribution in [0, 0.1) is 5.82 Å². The first kappa shape index (κ1) is 18.3. The molecule has 5 rings (SSSR count). The first-order valence-electron chi connectivity index (χ1n) is 9.10. The van der Waals surface area contributed by atoms with E-state index in [1.54, 1.807) is 48.7 Å². The van der Waals surface area contributed by atoms with Crippen LogP contribution in [0.15, 0.2) is 88.3 Å². The van der Waals surface area contributed by atoms with Crippen LogP contribution in [0.2, 0.25) is 5.02 Å². The van der Waals surface area contributed by atoms with E-state index in [-0.39, 0.29) is 11.4 Å². The van der Waals surface area contributed by atoms with Crippen molar-refractivity contribution in [1.82, 2.24) is 14.7 Å². The van der Waals surface area contributed by atoms with Gasteiger partial charge in [0.2, 0.25) is 5.82 Å². The number of hydrogen-bond donors (Lipinski definition) is 0. The van der Waals surface area contributed by atoms with Crippen molar-refractivity contribution in [2.75, 3.05) is 0 Å². The van der Waals surface area contributed by atoms with Crippen molar-refractivity contribution in [3.05, 3.63) is 100 Å². The predicted molar refractivity (Wildman–Crippen MR) is 113 cm³/mol. The lowest BCUT2D eigenvalue weighted by Crippen LogP contribution is -2.18. The summed E-state index contributed by atoms with van der Waals surface area (Å²) in [6, 6.07) is 20.1. The molecule has 0 bridgehead atoms. The van der Waals surface area contributed by atoms with Crippen LogP contribution in [0.1, 0.15) is 0 Å². The van der Waals surface area contributed by atoms with Gasteiger partial charge < -0.3 is 4.52 Å². The van der Waals surface area contributed by atoms with Crippen LogP contribution in [0.4, 0.5) is 4.39 Å². The van der Waals surface area contributed by atoms with Crippen LogP contribution in [0.25, 0.3) is 39.3 Å². The molecule has 0 N–H and O–H groups in total. The summed E-state index contributed by atoms with van der Waals surface area (Å²) in [5.41, 5.74) is 1.41. The number of aromatic nitrogens is 3. The largest absolute Gasteiger partial charge is 0.334 e. The van der Waals surface area contributed by atoms with Crippen molar-refractivity contribution >= 4 is 22.4 Å². The maximum Gasteiger partial charge on any atom is 0.262 e. The van der Waals surface area contributed by atoms with E-state index in [1.165, 1.54) is 16.7 Å². The van der Waals surface area contributed by atoms with Gasteiger partial charge in [-0.25, -0.2) is 4.39 Å². The van der Waals surface area contributed by atoms with Gasteiger partial charge in [-0.05, 0) is 36.4 Å². The fourth-order valence-corrected chi connectivity index (χ4v) is 3.55. The van der Waals surface area contributed by atoms with Gasteiger partial charge >= 0.3 is 0 Å². The van der Waals surface area contributed by atoms with E-state index in [9.17, 15) is 9.18 Å². The quantitative estimate of drug-likeness (QED) is 0.389. The van der Waals surface area contributed by atoms with Crippen LogP contribution < -0.4 is 5.56 Å². The second-order valence-electron chi connectivity index (χ2n) is 6.68. The predicted octanol–water partition coefficient (Wildman–Crippen LogP) is 5.50. The van der Waals surface area contributed by atoms with E-state index >= 15 is 0 Å². The Hall–Kier alpha value is -3.77. The van der Waals surface area contributed by atoms with Crippen LogP contribution in [-0.2, 0) is 0 Å². The van der Waals surface area contributed by atoms with Crippen LogP contribution in [0.3, 0.4) is 0 Å². The summed E-state index contributed by atoms with van der Waals surface area (Å²) in [7, 11) is 0. The van der Waals surface area contributed by atoms with Crippen molar-refractivity contribution in [3.8, 4) is 28.5 Å². The highest BCUT2D eigenvalue weighted by molar-refractivity contribution is 6.30. The zero-order chi connectivity index (χ0) is 20.7. The van der Waals surface area contributed by atoms with Gasteiger partial charge in [0, 0.05) is 27.6 Å². The second kappa shape index (κ2) is 7.24. The molecular formula is C23H13ClFN3O2. The molecule has 0 atom stereocenters. The molecule has 5 nitrogen and oxygen atoms in total. The lowest BCUT2D eigenvalue weighted by Gasteiger charge is -2.10. The Balaban J connectivity index is 1.74. The first-order valence-corrected chi connectivity index (χ1v) is 9.48. The minimum Gasteiger partial charge on any atom is -0.334 e. The van der Waals surface area contributed by atoms with Crippen molar-refractivity contribution in [2.45, 2.75) is 0 Å². The monoisotopic (exact) mass is 417 g/mol. The van der Waals surface area contributed by atoms with Gasteiger partial charge in [-0.1, -0.05) is 53.2 Å². The van der Waals surface area contributed by atoms with Crippen molar-refractivity contribution in [2.24, 2.45) is 0 Å². The molecule has 0 aliphatic heterocycles. The first-order chi connectivity index (χ1) is 14.6. The molecule has 30 heavy (non-hydrogen) atoms. The maximum absolute atomic E-state index is 13.8. The van der Waals surface area contributed by atoms with E-state index in [0.29, 0.717) is 38.4 Å². The SMILES string of the molecule is O=c1c2ccccc2c(-c2nc(-c3cccc(Cl)c3)no2)cn1-c1cccc(F)c1. The number of nitrogens with zero attached hydrogens (tertiary/aromatic N) is 3. The highest BCUT2D eigenvalue weighted by atomic mass is 35.5. The average molecular weight is 418 g/mol. The standard InChI is InChI=1S/C23H13ClFN3O2/c24-15-6-3-5-14(11-15)21-26-22(30-27-21)20-13-28(17-8-4-7-16(25)12-17)23(29)19-10-2-1-9-18(19)20/h1-13H. The van der Waals surface area contributed by atoms with Crippen molar-refractivity contribution in [3.63, 3.8) is 0 Å². The number of pyridine rings is 1. The molecule has 5 aromatic rings. The Morgan fingerprint density at radius 3 is 2.53 bits per heavy atom. The maximum atomic E-state index is 13.8. The fraction of sp³-hybridized carbons (Fsp3) is 0. The topological polar surface area (TPSA) is 60.9 Å². The van der Waals surface area contributed by atoms with Crippen molar-refractivity contribution < 1.29 is 8.91 Å². The van der Waals surface area contributed by atoms with E-state index in [0.717, 1.165) is 0 Å². The molecule has 0 aliphatic carbocycles. The molecular weight excluding hydrogens is 405 g/mol. The van der Waals surface area contributed by atoms with Gasteiger partial charge in [-0.15, -0.1) is 0 Å². The lowest BCUT2D eigenvalue weighted by molar-refractivity contribution is 0.432. The molecule has 0 fully saturated rings. The highest BCUT2D eigenvalue weighted by Crippen LogP contribution is 2.29. The lowest BCUT2D eigenvalue weighted by atomic mass is 10.1. The summed E-state index contributed by atoms with van der Waals surface area (Å²) >= 11 is 6.06. The zero-order valence-corrected chi connectivity index (χ0v) is 16.2. The summed E-state index contributed by atoms with van der Waals surface area (Å²) in [4.78, 5) is 17.5. The molecule has 2 heterocycles. The number of benzene rings is 3. The molecule has 0 radical (unpaired) electrons. The van der Waals surface area contributed by atoms with Crippen LogP contribution in [0.5, 0.6) is 0 Å². The average Bonchev–Trinajstić information content (AvgIpc) is 3.24. The van der Waals surface area contributed by atoms with E-state index in [4.69, 9.17) is 16.1 Å². The minimum absolute atomic E-state index is 0.242. The van der Waals surface area contributed by atoms with E-state index < -0.39 is 5.82 Å². The van der Waals surface area contributed by atoms with Crippen LogP contribution >= 0.6 is 11.6 Å². The smallest absolute Gasteiger partial charge is 0.262 e. The molecule has 0 spiro atoms. The molecule has 0 aliphatic rings.